The Morgan fingerprint density at radius 2 is 2.00 bits per heavy atom. The summed E-state index contributed by atoms with van der Waals surface area (Å²) in [4.78, 5) is -0.565. The standard InChI is InChI=1S/C12H15F2NO2S/c1-18(16,17)11-7-8(13)6-9(12(11)14)10-4-2-3-5-15-10/h6-7,10,15H,2-5H2,1H3. The van der Waals surface area contributed by atoms with Gasteiger partial charge in [-0.1, -0.05) is 6.42 Å². The Morgan fingerprint density at radius 3 is 2.56 bits per heavy atom. The van der Waals surface area contributed by atoms with Crippen LogP contribution in [-0.2, 0) is 9.84 Å². The molecule has 0 saturated carbocycles. The minimum atomic E-state index is -3.76. The number of benzene rings is 1. The molecule has 18 heavy (non-hydrogen) atoms. The topological polar surface area (TPSA) is 46.2 Å². The van der Waals surface area contributed by atoms with Gasteiger partial charge in [0.05, 0.1) is 0 Å². The van der Waals surface area contributed by atoms with Crippen LogP contribution < -0.4 is 5.32 Å². The molecular formula is C12H15F2NO2S. The van der Waals surface area contributed by atoms with E-state index in [4.69, 9.17) is 0 Å². The van der Waals surface area contributed by atoms with Crippen LogP contribution in [-0.4, -0.2) is 21.2 Å². The molecule has 0 bridgehead atoms. The average Bonchev–Trinajstić information content (AvgIpc) is 2.31. The monoisotopic (exact) mass is 275 g/mol. The van der Waals surface area contributed by atoms with Gasteiger partial charge in [0.2, 0.25) is 0 Å². The van der Waals surface area contributed by atoms with Gasteiger partial charge in [-0.05, 0) is 31.5 Å². The molecule has 2 rings (SSSR count). The van der Waals surface area contributed by atoms with Crippen molar-refractivity contribution in [3.63, 3.8) is 0 Å². The largest absolute Gasteiger partial charge is 0.310 e. The van der Waals surface area contributed by atoms with Crippen molar-refractivity contribution in [2.24, 2.45) is 0 Å². The molecule has 1 aromatic carbocycles. The van der Waals surface area contributed by atoms with Crippen molar-refractivity contribution in [2.45, 2.75) is 30.2 Å². The summed E-state index contributed by atoms with van der Waals surface area (Å²) in [6.07, 6.45) is 3.47. The molecule has 100 valence electrons. The molecule has 6 heteroatoms. The van der Waals surface area contributed by atoms with Gasteiger partial charge in [-0.3, -0.25) is 0 Å². The number of piperidine rings is 1. The summed E-state index contributed by atoms with van der Waals surface area (Å²) < 4.78 is 50.4. The predicted octanol–water partition coefficient (Wildman–Crippen LogP) is 2.18. The molecule has 0 radical (unpaired) electrons. The summed E-state index contributed by atoms with van der Waals surface area (Å²) in [7, 11) is -3.76. The second-order valence-electron chi connectivity index (χ2n) is 4.58. The van der Waals surface area contributed by atoms with Gasteiger partial charge >= 0.3 is 0 Å². The first-order valence-corrected chi connectivity index (χ1v) is 7.71. The first kappa shape index (κ1) is 13.4. The van der Waals surface area contributed by atoms with E-state index in [-0.39, 0.29) is 11.6 Å². The lowest BCUT2D eigenvalue weighted by atomic mass is 9.97. The second kappa shape index (κ2) is 4.93. The van der Waals surface area contributed by atoms with Gasteiger partial charge in [-0.2, -0.15) is 0 Å². The molecular weight excluding hydrogens is 260 g/mol. The Labute approximate surface area is 105 Å². The molecule has 0 aliphatic carbocycles. The summed E-state index contributed by atoms with van der Waals surface area (Å²) in [5.41, 5.74) is 0.107. The van der Waals surface area contributed by atoms with E-state index in [0.29, 0.717) is 6.42 Å². The highest BCUT2D eigenvalue weighted by atomic mass is 32.2. The molecule has 0 amide bonds. The third-order valence-electron chi connectivity index (χ3n) is 3.12. The van der Waals surface area contributed by atoms with E-state index >= 15 is 0 Å². The van der Waals surface area contributed by atoms with Crippen LogP contribution in [0.3, 0.4) is 0 Å². The molecule has 1 saturated heterocycles. The first-order valence-electron chi connectivity index (χ1n) is 5.82. The van der Waals surface area contributed by atoms with Crippen LogP contribution in [0.15, 0.2) is 17.0 Å². The van der Waals surface area contributed by atoms with Crippen LogP contribution in [0.2, 0.25) is 0 Å². The zero-order valence-corrected chi connectivity index (χ0v) is 10.9. The van der Waals surface area contributed by atoms with Gasteiger partial charge in [-0.15, -0.1) is 0 Å². The minimum Gasteiger partial charge on any atom is -0.310 e. The maximum absolute atomic E-state index is 14.1. The molecule has 0 aromatic heterocycles. The summed E-state index contributed by atoms with van der Waals surface area (Å²) in [6, 6.07) is 1.50. The summed E-state index contributed by atoms with van der Waals surface area (Å²) in [6.45, 7) is 0.731. The van der Waals surface area contributed by atoms with Crippen LogP contribution in [0, 0.1) is 11.6 Å². The molecule has 1 fully saturated rings. The zero-order valence-electron chi connectivity index (χ0n) is 10.0. The van der Waals surface area contributed by atoms with Crippen LogP contribution in [0.25, 0.3) is 0 Å². The van der Waals surface area contributed by atoms with Crippen LogP contribution in [0.5, 0.6) is 0 Å². The van der Waals surface area contributed by atoms with Crippen molar-refractivity contribution in [1.29, 1.82) is 0 Å². The quantitative estimate of drug-likeness (QED) is 0.900. The number of hydrogen-bond acceptors (Lipinski definition) is 3. The van der Waals surface area contributed by atoms with Crippen molar-refractivity contribution in [3.05, 3.63) is 29.3 Å². The van der Waals surface area contributed by atoms with Gasteiger partial charge < -0.3 is 5.32 Å². The highest BCUT2D eigenvalue weighted by molar-refractivity contribution is 7.90. The SMILES string of the molecule is CS(=O)(=O)c1cc(F)cc(C2CCCCN2)c1F. The average molecular weight is 275 g/mol. The maximum Gasteiger partial charge on any atom is 0.178 e. The second-order valence-corrected chi connectivity index (χ2v) is 6.57. The maximum atomic E-state index is 14.1. The lowest BCUT2D eigenvalue weighted by Crippen LogP contribution is -2.28. The number of hydrogen-bond donors (Lipinski definition) is 1. The van der Waals surface area contributed by atoms with Gasteiger partial charge in [0.1, 0.15) is 16.5 Å². The summed E-state index contributed by atoms with van der Waals surface area (Å²) >= 11 is 0. The molecule has 0 spiro atoms. The van der Waals surface area contributed by atoms with Crippen LogP contribution >= 0.6 is 0 Å². The predicted molar refractivity (Wildman–Crippen MR) is 64.1 cm³/mol. The smallest absolute Gasteiger partial charge is 0.178 e. The van der Waals surface area contributed by atoms with Gasteiger partial charge in [0.15, 0.2) is 9.84 Å². The van der Waals surface area contributed by atoms with E-state index in [0.717, 1.165) is 37.8 Å². The van der Waals surface area contributed by atoms with E-state index in [9.17, 15) is 17.2 Å². The van der Waals surface area contributed by atoms with Crippen molar-refractivity contribution >= 4 is 9.84 Å². The Hall–Kier alpha value is -1.01. The summed E-state index contributed by atoms with van der Waals surface area (Å²) in [5, 5.41) is 3.08. The molecule has 1 N–H and O–H groups in total. The number of rotatable bonds is 2. The highest BCUT2D eigenvalue weighted by Crippen LogP contribution is 2.29. The van der Waals surface area contributed by atoms with Gasteiger partial charge in [0.25, 0.3) is 0 Å². The van der Waals surface area contributed by atoms with E-state index in [1.54, 1.807) is 0 Å². The summed E-state index contributed by atoms with van der Waals surface area (Å²) in [5.74, 6) is -1.56. The molecule has 3 nitrogen and oxygen atoms in total. The molecule has 1 atom stereocenters. The molecule has 1 heterocycles. The number of halogens is 2. The Balaban J connectivity index is 2.50. The third kappa shape index (κ3) is 2.70. The van der Waals surface area contributed by atoms with Crippen LogP contribution in [0.4, 0.5) is 8.78 Å². The number of sulfone groups is 1. The Morgan fingerprint density at radius 1 is 1.28 bits per heavy atom. The van der Waals surface area contributed by atoms with Crippen molar-refractivity contribution in [2.75, 3.05) is 12.8 Å². The van der Waals surface area contributed by atoms with Crippen molar-refractivity contribution in [3.8, 4) is 0 Å². The molecule has 1 aliphatic rings. The van der Waals surface area contributed by atoms with E-state index in [1.165, 1.54) is 0 Å². The van der Waals surface area contributed by atoms with Crippen LogP contribution in [0.1, 0.15) is 30.9 Å². The fourth-order valence-electron chi connectivity index (χ4n) is 2.23. The van der Waals surface area contributed by atoms with E-state index < -0.39 is 26.4 Å². The van der Waals surface area contributed by atoms with Crippen molar-refractivity contribution < 1.29 is 17.2 Å². The zero-order chi connectivity index (χ0) is 13.3. The van der Waals surface area contributed by atoms with E-state index in [1.807, 2.05) is 0 Å². The van der Waals surface area contributed by atoms with E-state index in [2.05, 4.69) is 5.32 Å². The highest BCUT2D eigenvalue weighted by Gasteiger charge is 2.24. The lowest BCUT2D eigenvalue weighted by molar-refractivity contribution is 0.394. The normalized spacial score (nSPS) is 20.9. The number of nitrogens with one attached hydrogen (secondary N) is 1. The Bertz CT molecular complexity index is 551. The van der Waals surface area contributed by atoms with Gasteiger partial charge in [0, 0.05) is 17.9 Å². The Kier molecular flexibility index (Phi) is 3.68. The first-order chi connectivity index (χ1) is 8.39. The minimum absolute atomic E-state index is 0.107. The van der Waals surface area contributed by atoms with Gasteiger partial charge in [-0.25, -0.2) is 17.2 Å². The lowest BCUT2D eigenvalue weighted by Gasteiger charge is -2.24. The molecule has 1 aliphatic heterocycles. The third-order valence-corrected chi connectivity index (χ3v) is 4.21. The molecule has 1 aromatic rings. The van der Waals surface area contributed by atoms with Crippen molar-refractivity contribution in [1.82, 2.24) is 5.32 Å². The fraction of sp³-hybridized carbons (Fsp3) is 0.500. The molecule has 1 unspecified atom stereocenters. The fourth-order valence-corrected chi connectivity index (χ4v) is 3.00.